The zero-order valence-corrected chi connectivity index (χ0v) is 11.4. The second-order valence-corrected chi connectivity index (χ2v) is 3.32. The first-order chi connectivity index (χ1) is 8.58. The van der Waals surface area contributed by atoms with Crippen molar-refractivity contribution in [2.24, 2.45) is 5.73 Å². The zero-order valence-electron chi connectivity index (χ0n) is 10.6. The molecule has 5 nitrogen and oxygen atoms in total. The fourth-order valence-corrected chi connectivity index (χ4v) is 1.39. The number of carboxylic acids is 1. The van der Waals surface area contributed by atoms with Crippen molar-refractivity contribution in [3.8, 4) is 11.5 Å². The van der Waals surface area contributed by atoms with Crippen LogP contribution in [0.4, 0.5) is 0 Å². The summed E-state index contributed by atoms with van der Waals surface area (Å²) in [4.78, 5) is 10.5. The average Bonchev–Trinajstić information content (AvgIpc) is 2.39. The molecule has 1 atom stereocenters. The van der Waals surface area contributed by atoms with Gasteiger partial charge in [0.2, 0.25) is 0 Å². The molecule has 1 rings (SSSR count). The highest BCUT2D eigenvalue weighted by Gasteiger charge is 2.13. The Hall–Kier alpha value is -1.46. The van der Waals surface area contributed by atoms with Gasteiger partial charge in [-0.1, -0.05) is 6.07 Å². The summed E-state index contributed by atoms with van der Waals surface area (Å²) in [5.74, 6) is 0.205. The van der Waals surface area contributed by atoms with E-state index in [-0.39, 0.29) is 6.42 Å². The van der Waals surface area contributed by atoms with E-state index in [9.17, 15) is 4.79 Å². The molecule has 0 radical (unpaired) electrons. The highest BCUT2D eigenvalue weighted by atomic mass is 35.5. The normalized spacial score (nSPS) is 10.9. The van der Waals surface area contributed by atoms with E-state index >= 15 is 0 Å². The van der Waals surface area contributed by atoms with Crippen LogP contribution in [0.2, 0.25) is 0 Å². The Kier molecular flexibility index (Phi) is 7.91. The molecule has 1 unspecified atom stereocenters. The molecular weight excluding hydrogens is 258 g/mol. The zero-order chi connectivity index (χ0) is 14.1. The van der Waals surface area contributed by atoms with Crippen LogP contribution in [0, 0.1) is 0 Å². The molecule has 6 heteroatoms. The van der Waals surface area contributed by atoms with Gasteiger partial charge in [-0.25, -0.2) is 0 Å². The molecule has 0 fully saturated rings. The minimum atomic E-state index is -0.928. The molecule has 0 amide bonds. The SMILES string of the molecule is CCl.COc1ccc(C(N)CC(=O)O)cc1OC. The molecule has 18 heavy (non-hydrogen) atoms. The smallest absolute Gasteiger partial charge is 0.305 e. The monoisotopic (exact) mass is 275 g/mol. The Bertz CT molecular complexity index is 384. The number of ether oxygens (including phenoxy) is 2. The maximum absolute atomic E-state index is 10.5. The molecule has 0 bridgehead atoms. The fourth-order valence-electron chi connectivity index (χ4n) is 1.39. The van der Waals surface area contributed by atoms with Crippen molar-refractivity contribution in [1.82, 2.24) is 0 Å². The fraction of sp³-hybridized carbons (Fsp3) is 0.417. The quantitative estimate of drug-likeness (QED) is 0.804. The Morgan fingerprint density at radius 2 is 1.89 bits per heavy atom. The summed E-state index contributed by atoms with van der Waals surface area (Å²) in [5.41, 5.74) is 6.44. The molecule has 3 N–H and O–H groups in total. The lowest BCUT2D eigenvalue weighted by Crippen LogP contribution is -2.15. The first kappa shape index (κ1) is 16.5. The van der Waals surface area contributed by atoms with Crippen molar-refractivity contribution < 1.29 is 19.4 Å². The van der Waals surface area contributed by atoms with Gasteiger partial charge in [-0.3, -0.25) is 4.79 Å². The van der Waals surface area contributed by atoms with Crippen LogP contribution >= 0.6 is 11.6 Å². The molecule has 0 aliphatic carbocycles. The molecule has 1 aromatic carbocycles. The van der Waals surface area contributed by atoms with Crippen molar-refractivity contribution in [3.05, 3.63) is 23.8 Å². The van der Waals surface area contributed by atoms with Crippen LogP contribution < -0.4 is 15.2 Å². The van der Waals surface area contributed by atoms with Crippen LogP contribution in [-0.4, -0.2) is 31.7 Å². The third kappa shape index (κ3) is 4.81. The molecule has 0 heterocycles. The van der Waals surface area contributed by atoms with Crippen molar-refractivity contribution in [3.63, 3.8) is 0 Å². The number of alkyl halides is 1. The van der Waals surface area contributed by atoms with Crippen LogP contribution in [0.1, 0.15) is 18.0 Å². The number of benzene rings is 1. The van der Waals surface area contributed by atoms with E-state index in [0.717, 1.165) is 0 Å². The number of methoxy groups -OCH3 is 2. The first-order valence-corrected chi connectivity index (χ1v) is 5.91. The van der Waals surface area contributed by atoms with Crippen LogP contribution in [-0.2, 0) is 4.79 Å². The van der Waals surface area contributed by atoms with E-state index in [0.29, 0.717) is 17.1 Å². The molecule has 102 valence electrons. The Labute approximate surface area is 111 Å². The Morgan fingerprint density at radius 3 is 2.33 bits per heavy atom. The Morgan fingerprint density at radius 1 is 1.33 bits per heavy atom. The number of aliphatic carboxylic acids is 1. The van der Waals surface area contributed by atoms with Crippen molar-refractivity contribution in [2.75, 3.05) is 20.6 Å². The highest BCUT2D eigenvalue weighted by Crippen LogP contribution is 2.30. The van der Waals surface area contributed by atoms with E-state index in [1.54, 1.807) is 18.2 Å². The lowest BCUT2D eigenvalue weighted by atomic mass is 10.0. The van der Waals surface area contributed by atoms with Gasteiger partial charge in [-0.05, 0) is 17.7 Å². The molecule has 0 spiro atoms. The maximum atomic E-state index is 10.5. The minimum absolute atomic E-state index is 0.116. The second-order valence-electron chi connectivity index (χ2n) is 3.32. The predicted octanol–water partition coefficient (Wildman–Crippen LogP) is 2.03. The number of nitrogens with two attached hydrogens (primary N) is 1. The molecule has 0 saturated carbocycles. The number of halogens is 1. The van der Waals surface area contributed by atoms with Gasteiger partial charge in [0.1, 0.15) is 0 Å². The van der Waals surface area contributed by atoms with E-state index in [4.69, 9.17) is 20.3 Å². The summed E-state index contributed by atoms with van der Waals surface area (Å²) in [6.45, 7) is 0. The summed E-state index contributed by atoms with van der Waals surface area (Å²) in [5, 5.41) is 8.64. The van der Waals surface area contributed by atoms with Crippen LogP contribution in [0.5, 0.6) is 11.5 Å². The van der Waals surface area contributed by atoms with Crippen molar-refractivity contribution in [1.29, 1.82) is 0 Å². The number of hydrogen-bond donors (Lipinski definition) is 2. The van der Waals surface area contributed by atoms with Crippen LogP contribution in [0.15, 0.2) is 18.2 Å². The van der Waals surface area contributed by atoms with Gasteiger partial charge in [-0.15, -0.1) is 11.6 Å². The van der Waals surface area contributed by atoms with Gasteiger partial charge in [0.05, 0.1) is 20.6 Å². The topological polar surface area (TPSA) is 81.8 Å². The van der Waals surface area contributed by atoms with E-state index < -0.39 is 12.0 Å². The van der Waals surface area contributed by atoms with Gasteiger partial charge in [0, 0.05) is 12.4 Å². The highest BCUT2D eigenvalue weighted by molar-refractivity contribution is 6.15. The average molecular weight is 276 g/mol. The molecular formula is C12H18ClNO4. The summed E-state index contributed by atoms with van der Waals surface area (Å²) in [6.07, 6.45) is 1.36. The van der Waals surface area contributed by atoms with Crippen LogP contribution in [0.25, 0.3) is 0 Å². The molecule has 0 saturated heterocycles. The lowest BCUT2D eigenvalue weighted by Gasteiger charge is -2.13. The molecule has 1 aromatic rings. The predicted molar refractivity (Wildman–Crippen MR) is 70.5 cm³/mol. The van der Waals surface area contributed by atoms with E-state index in [1.807, 2.05) is 0 Å². The third-order valence-electron chi connectivity index (χ3n) is 2.23. The maximum Gasteiger partial charge on any atom is 0.305 e. The molecule has 0 aliphatic heterocycles. The number of carboxylic acid groups (broad SMARTS) is 1. The van der Waals surface area contributed by atoms with E-state index in [2.05, 4.69) is 11.6 Å². The summed E-state index contributed by atoms with van der Waals surface area (Å²) < 4.78 is 10.2. The lowest BCUT2D eigenvalue weighted by molar-refractivity contribution is -0.137. The van der Waals surface area contributed by atoms with Gasteiger partial charge in [-0.2, -0.15) is 0 Å². The summed E-state index contributed by atoms with van der Waals surface area (Å²) in [6, 6.07) is 4.58. The first-order valence-electron chi connectivity index (χ1n) is 5.15. The largest absolute Gasteiger partial charge is 0.493 e. The van der Waals surface area contributed by atoms with Crippen molar-refractivity contribution in [2.45, 2.75) is 12.5 Å². The number of hydrogen-bond acceptors (Lipinski definition) is 4. The number of carbonyl (C=O) groups is 1. The molecule has 0 aromatic heterocycles. The standard InChI is InChI=1S/C11H15NO4.CH3Cl/c1-15-9-4-3-7(5-10(9)16-2)8(12)6-11(13)14;1-2/h3-5,8H,6,12H2,1-2H3,(H,13,14);1H3. The molecule has 0 aliphatic rings. The van der Waals surface area contributed by atoms with Gasteiger partial charge in [0.25, 0.3) is 0 Å². The van der Waals surface area contributed by atoms with Crippen molar-refractivity contribution >= 4 is 17.6 Å². The third-order valence-corrected chi connectivity index (χ3v) is 2.23. The summed E-state index contributed by atoms with van der Waals surface area (Å²) in [7, 11) is 3.05. The van der Waals surface area contributed by atoms with Crippen LogP contribution in [0.3, 0.4) is 0 Å². The van der Waals surface area contributed by atoms with Gasteiger partial charge >= 0.3 is 5.97 Å². The summed E-state index contributed by atoms with van der Waals surface area (Å²) >= 11 is 4.64. The van der Waals surface area contributed by atoms with Gasteiger partial charge in [0.15, 0.2) is 11.5 Å². The number of rotatable bonds is 5. The van der Waals surface area contributed by atoms with Gasteiger partial charge < -0.3 is 20.3 Å². The second kappa shape index (κ2) is 8.60. The van der Waals surface area contributed by atoms with E-state index in [1.165, 1.54) is 20.6 Å². The minimum Gasteiger partial charge on any atom is -0.493 e. The Balaban J connectivity index is 0.00000137.